The molecule has 2 aromatic rings. The number of alkyl halides is 1. The number of pyridine rings is 1. The van der Waals surface area contributed by atoms with Crippen LogP contribution < -0.4 is 22.1 Å². The van der Waals surface area contributed by atoms with E-state index in [9.17, 15) is 19.3 Å². The summed E-state index contributed by atoms with van der Waals surface area (Å²) in [7, 11) is 0. The molecule has 4 rings (SSSR count). The van der Waals surface area contributed by atoms with Crippen LogP contribution in [0.3, 0.4) is 0 Å². The van der Waals surface area contributed by atoms with Gasteiger partial charge in [-0.2, -0.15) is 0 Å². The van der Waals surface area contributed by atoms with E-state index in [2.05, 4.69) is 20.6 Å². The third-order valence-electron chi connectivity index (χ3n) is 6.01. The van der Waals surface area contributed by atoms with Gasteiger partial charge in [-0.05, 0) is 30.5 Å². The lowest BCUT2D eigenvalue weighted by atomic mass is 9.90. The molecule has 6 N–H and O–H groups in total. The van der Waals surface area contributed by atoms with E-state index in [1.54, 1.807) is 24.4 Å². The maximum atomic E-state index is 14.9. The zero-order valence-electron chi connectivity index (χ0n) is 18.4. The van der Waals surface area contributed by atoms with Crippen LogP contribution in [0.1, 0.15) is 25.7 Å². The van der Waals surface area contributed by atoms with Crippen molar-refractivity contribution in [1.29, 1.82) is 0 Å². The van der Waals surface area contributed by atoms with Gasteiger partial charge in [0.15, 0.2) is 6.17 Å². The molecule has 4 atom stereocenters. The highest BCUT2D eigenvalue weighted by Gasteiger charge is 2.32. The number of nitro groups is 1. The molecule has 1 aromatic heterocycles. The van der Waals surface area contributed by atoms with Crippen molar-refractivity contribution in [2.75, 3.05) is 5.32 Å². The fourth-order valence-electron chi connectivity index (χ4n) is 4.22. The Bertz CT molecular complexity index is 1150. The van der Waals surface area contributed by atoms with Crippen LogP contribution in [0.4, 0.5) is 15.8 Å². The number of halogens is 1. The number of aromatic nitrogens is 1. The predicted octanol–water partition coefficient (Wildman–Crippen LogP) is 2.42. The van der Waals surface area contributed by atoms with E-state index in [1.807, 2.05) is 0 Å². The van der Waals surface area contributed by atoms with E-state index in [1.165, 1.54) is 18.3 Å². The number of nitrogens with zero attached hydrogens (tertiary/aromatic N) is 3. The fraction of sp³-hybridized carbons (Fsp3) is 0.348. The second-order valence-corrected chi connectivity index (χ2v) is 8.43. The quantitative estimate of drug-likeness (QED) is 0.374. The van der Waals surface area contributed by atoms with Gasteiger partial charge >= 0.3 is 0 Å². The maximum absolute atomic E-state index is 14.9. The highest BCUT2D eigenvalue weighted by Crippen LogP contribution is 2.26. The number of nitrogens with one attached hydrogen (secondary N) is 2. The number of rotatable bonds is 6. The number of dihydropyridines is 1. The Kier molecular flexibility index (Phi) is 6.94. The van der Waals surface area contributed by atoms with Gasteiger partial charge in [-0.15, -0.1) is 0 Å². The third-order valence-corrected chi connectivity index (χ3v) is 6.01. The van der Waals surface area contributed by atoms with Gasteiger partial charge in [0.25, 0.3) is 11.6 Å². The van der Waals surface area contributed by atoms with E-state index in [0.717, 1.165) is 31.8 Å². The Balaban J connectivity index is 1.59. The molecule has 11 heteroatoms. The summed E-state index contributed by atoms with van der Waals surface area (Å²) < 4.78 is 14.9. The zero-order valence-corrected chi connectivity index (χ0v) is 18.4. The molecule has 2 aliphatic rings. The number of primary amides is 1. The second-order valence-electron chi connectivity index (χ2n) is 8.43. The number of hydrogen-bond acceptors (Lipinski definition) is 8. The molecule has 0 radical (unpaired) electrons. The van der Waals surface area contributed by atoms with Gasteiger partial charge < -0.3 is 16.8 Å². The topological polar surface area (TPSA) is 162 Å². The molecule has 1 aliphatic heterocycles. The van der Waals surface area contributed by atoms with Crippen molar-refractivity contribution in [2.45, 2.75) is 50.1 Å². The first-order valence-corrected chi connectivity index (χ1v) is 11.0. The number of nitro benzene ring substituents is 1. The van der Waals surface area contributed by atoms with E-state index in [4.69, 9.17) is 11.5 Å². The number of anilines is 1. The SMILES string of the molecule is NC(=O)C1=CC(F)C(N[C@@H]2CCCC[C@@H]2N)N=C1Nc1cncc(-c2cccc([N+](=O)[O-])c2)c1. The molecular weight excluding hydrogens is 441 g/mol. The molecule has 178 valence electrons. The third kappa shape index (κ3) is 5.26. The minimum Gasteiger partial charge on any atom is -0.365 e. The lowest BCUT2D eigenvalue weighted by Crippen LogP contribution is -2.54. The van der Waals surface area contributed by atoms with Gasteiger partial charge in [-0.1, -0.05) is 25.0 Å². The van der Waals surface area contributed by atoms with Crippen LogP contribution in [0, 0.1) is 10.1 Å². The van der Waals surface area contributed by atoms with Crippen molar-refractivity contribution in [3.8, 4) is 11.1 Å². The zero-order chi connectivity index (χ0) is 24.2. The molecule has 10 nitrogen and oxygen atoms in total. The van der Waals surface area contributed by atoms with Crippen LogP contribution in [-0.2, 0) is 4.79 Å². The van der Waals surface area contributed by atoms with Crippen LogP contribution in [-0.4, -0.2) is 46.1 Å². The number of nitrogens with two attached hydrogens (primary N) is 2. The summed E-state index contributed by atoms with van der Waals surface area (Å²) in [6.45, 7) is 0. The molecule has 1 fully saturated rings. The average molecular weight is 468 g/mol. The highest BCUT2D eigenvalue weighted by atomic mass is 19.1. The summed E-state index contributed by atoms with van der Waals surface area (Å²) in [5.74, 6) is -0.703. The van der Waals surface area contributed by atoms with Gasteiger partial charge in [0.05, 0.1) is 22.4 Å². The van der Waals surface area contributed by atoms with E-state index >= 15 is 0 Å². The van der Waals surface area contributed by atoms with E-state index in [0.29, 0.717) is 16.8 Å². The summed E-state index contributed by atoms with van der Waals surface area (Å²) in [5.41, 5.74) is 13.2. The van der Waals surface area contributed by atoms with Crippen molar-refractivity contribution in [2.24, 2.45) is 16.5 Å². The first-order chi connectivity index (χ1) is 16.3. The largest absolute Gasteiger partial charge is 0.365 e. The van der Waals surface area contributed by atoms with Crippen LogP contribution in [0.25, 0.3) is 11.1 Å². The maximum Gasteiger partial charge on any atom is 0.270 e. The van der Waals surface area contributed by atoms with Crippen molar-refractivity contribution in [1.82, 2.24) is 10.3 Å². The number of benzene rings is 1. The number of aliphatic imine (C=N–C) groups is 1. The minimum atomic E-state index is -1.54. The highest BCUT2D eigenvalue weighted by molar-refractivity contribution is 6.25. The number of carbonyl (C=O) groups is 1. The lowest BCUT2D eigenvalue weighted by Gasteiger charge is -2.34. The smallest absolute Gasteiger partial charge is 0.270 e. The lowest BCUT2D eigenvalue weighted by molar-refractivity contribution is -0.384. The summed E-state index contributed by atoms with van der Waals surface area (Å²) in [6, 6.07) is 7.68. The van der Waals surface area contributed by atoms with E-state index in [-0.39, 0.29) is 29.2 Å². The van der Waals surface area contributed by atoms with Gasteiger partial charge in [-0.3, -0.25) is 25.2 Å². The first kappa shape index (κ1) is 23.5. The Morgan fingerprint density at radius 1 is 1.18 bits per heavy atom. The van der Waals surface area contributed by atoms with Crippen molar-refractivity contribution in [3.63, 3.8) is 0 Å². The molecule has 0 bridgehead atoms. The van der Waals surface area contributed by atoms with Crippen LogP contribution in [0.5, 0.6) is 0 Å². The Morgan fingerprint density at radius 3 is 2.71 bits per heavy atom. The predicted molar refractivity (Wildman–Crippen MR) is 127 cm³/mol. The standard InChI is InChI=1S/C23H26FN7O3/c24-18-10-17(21(26)32)22(30-23(18)29-20-7-2-1-6-19(20)25)28-15-8-14(11-27-12-15)13-4-3-5-16(9-13)31(33)34/h3-5,8-12,18-20,23,29H,1-2,6-7,25H2,(H2,26,32)(H,28,30)/t18?,19-,20+,23?/m0/s1. The Labute approximate surface area is 195 Å². The number of non-ortho nitro benzene ring substituents is 1. The summed E-state index contributed by atoms with van der Waals surface area (Å²) in [4.78, 5) is 31.2. The van der Waals surface area contributed by atoms with Crippen LogP contribution in [0.15, 0.2) is 59.4 Å². The number of carbonyl (C=O) groups excluding carboxylic acids is 1. The molecule has 0 saturated heterocycles. The molecule has 1 saturated carbocycles. The van der Waals surface area contributed by atoms with Gasteiger partial charge in [0.1, 0.15) is 12.0 Å². The normalized spacial score (nSPS) is 24.6. The summed E-state index contributed by atoms with van der Waals surface area (Å²) in [5, 5.41) is 17.3. The minimum absolute atomic E-state index is 0.0460. The van der Waals surface area contributed by atoms with Gasteiger partial charge in [-0.25, -0.2) is 9.38 Å². The van der Waals surface area contributed by atoms with E-state index < -0.39 is 23.2 Å². The Hall–Kier alpha value is -3.70. The molecule has 0 spiro atoms. The van der Waals surface area contributed by atoms with Crippen molar-refractivity contribution in [3.05, 3.63) is 64.5 Å². The average Bonchev–Trinajstić information content (AvgIpc) is 2.82. The van der Waals surface area contributed by atoms with Crippen LogP contribution in [0.2, 0.25) is 0 Å². The molecule has 34 heavy (non-hydrogen) atoms. The van der Waals surface area contributed by atoms with Crippen molar-refractivity contribution >= 4 is 23.1 Å². The molecule has 2 heterocycles. The number of amidine groups is 1. The van der Waals surface area contributed by atoms with Crippen molar-refractivity contribution < 1.29 is 14.1 Å². The van der Waals surface area contributed by atoms with Gasteiger partial charge in [0.2, 0.25) is 0 Å². The molecule has 2 unspecified atom stereocenters. The van der Waals surface area contributed by atoms with Gasteiger partial charge in [0, 0.05) is 36.0 Å². The first-order valence-electron chi connectivity index (χ1n) is 11.0. The molecular formula is C23H26FN7O3. The fourth-order valence-corrected chi connectivity index (χ4v) is 4.22. The summed E-state index contributed by atoms with van der Waals surface area (Å²) >= 11 is 0. The molecule has 1 aliphatic carbocycles. The monoisotopic (exact) mass is 467 g/mol. The number of hydrogen-bond donors (Lipinski definition) is 4. The summed E-state index contributed by atoms with van der Waals surface area (Å²) in [6.07, 6.45) is 5.47. The Morgan fingerprint density at radius 2 is 1.97 bits per heavy atom. The second kappa shape index (κ2) is 10.1. The molecule has 1 amide bonds. The number of amides is 1. The van der Waals surface area contributed by atoms with Crippen LogP contribution >= 0.6 is 0 Å². The molecule has 1 aromatic carbocycles.